The summed E-state index contributed by atoms with van der Waals surface area (Å²) < 4.78 is 2.35. The van der Waals surface area contributed by atoms with Crippen molar-refractivity contribution in [2.75, 3.05) is 4.90 Å². The summed E-state index contributed by atoms with van der Waals surface area (Å²) >= 11 is 0. The van der Waals surface area contributed by atoms with Gasteiger partial charge < -0.3 is 0 Å². The first-order valence-corrected chi connectivity index (χ1v) is 13.2. The van der Waals surface area contributed by atoms with Crippen LogP contribution in [0.4, 0.5) is 17.2 Å². The van der Waals surface area contributed by atoms with Crippen molar-refractivity contribution in [1.82, 2.24) is 19.5 Å². The molecule has 0 unspecified atom stereocenters. The number of hydrogen-bond donors (Lipinski definition) is 0. The minimum Gasteiger partial charge on any atom is -0.296 e. The number of rotatable bonds is 2. The molecule has 2 aliphatic heterocycles. The maximum absolute atomic E-state index is 5.29. The molecule has 9 rings (SSSR count). The van der Waals surface area contributed by atoms with Crippen LogP contribution in [0.25, 0.3) is 39.1 Å². The van der Waals surface area contributed by atoms with Crippen LogP contribution in [0.5, 0.6) is 0 Å². The highest BCUT2D eigenvalue weighted by Crippen LogP contribution is 2.40. The van der Waals surface area contributed by atoms with Crippen LogP contribution in [-0.2, 0) is 0 Å². The fourth-order valence-electron chi connectivity index (χ4n) is 6.52. The molecule has 0 saturated carbocycles. The van der Waals surface area contributed by atoms with Gasteiger partial charge in [0.05, 0.1) is 11.0 Å². The predicted molar refractivity (Wildman–Crippen MR) is 159 cm³/mol. The van der Waals surface area contributed by atoms with Crippen molar-refractivity contribution in [3.8, 4) is 17.3 Å². The standard InChI is InChI=1S/C33H20BN5/c1-2-11-21(12-3-1)38-28-19-7-5-15-24(28)34-25-16-10-14-23-22-13-4-6-18-27(22)39(30(23)25)33-29(34)32(38)36-31(37-33)26-17-8-9-20-35-26/h1-20H. The smallest absolute Gasteiger partial charge is 0.256 e. The highest BCUT2D eigenvalue weighted by molar-refractivity contribution is 7.00. The molecule has 3 aromatic heterocycles. The minimum absolute atomic E-state index is 0.0180. The van der Waals surface area contributed by atoms with Gasteiger partial charge in [0.25, 0.3) is 6.71 Å². The van der Waals surface area contributed by atoms with Crippen molar-refractivity contribution >= 4 is 62.1 Å². The average molecular weight is 497 g/mol. The van der Waals surface area contributed by atoms with Crippen molar-refractivity contribution in [3.05, 3.63) is 121 Å². The van der Waals surface area contributed by atoms with Gasteiger partial charge in [0, 0.05) is 33.8 Å². The van der Waals surface area contributed by atoms with Gasteiger partial charge in [0.15, 0.2) is 5.82 Å². The maximum atomic E-state index is 5.29. The summed E-state index contributed by atoms with van der Waals surface area (Å²) in [5, 5.41) is 2.48. The van der Waals surface area contributed by atoms with Crippen molar-refractivity contribution in [1.29, 1.82) is 0 Å². The largest absolute Gasteiger partial charge is 0.296 e. The first-order valence-electron chi connectivity index (χ1n) is 13.2. The number of para-hydroxylation sites is 4. The molecule has 0 bridgehead atoms. The van der Waals surface area contributed by atoms with Gasteiger partial charge in [-0.1, -0.05) is 78.9 Å². The van der Waals surface area contributed by atoms with Crippen LogP contribution >= 0.6 is 0 Å². The van der Waals surface area contributed by atoms with Gasteiger partial charge in [0.1, 0.15) is 17.3 Å². The number of benzene rings is 4. The lowest BCUT2D eigenvalue weighted by molar-refractivity contribution is 1.03. The molecule has 6 heteroatoms. The summed E-state index contributed by atoms with van der Waals surface area (Å²) in [7, 11) is 0. The normalized spacial score (nSPS) is 13.0. The Labute approximate surface area is 225 Å². The molecule has 2 aliphatic rings. The molecule has 0 amide bonds. The Kier molecular flexibility index (Phi) is 4.08. The third-order valence-electron chi connectivity index (χ3n) is 8.05. The van der Waals surface area contributed by atoms with E-state index >= 15 is 0 Å². The summed E-state index contributed by atoms with van der Waals surface area (Å²) in [6.07, 6.45) is 1.80. The summed E-state index contributed by atoms with van der Waals surface area (Å²) in [4.78, 5) is 17.5. The second kappa shape index (κ2) is 7.65. The van der Waals surface area contributed by atoms with E-state index in [1.165, 1.54) is 27.2 Å². The lowest BCUT2D eigenvalue weighted by Gasteiger charge is -2.38. The zero-order valence-corrected chi connectivity index (χ0v) is 20.9. The molecular formula is C33H20BN5. The minimum atomic E-state index is 0.0180. The Morgan fingerprint density at radius 3 is 2.23 bits per heavy atom. The molecular weight excluding hydrogens is 477 g/mol. The fourth-order valence-corrected chi connectivity index (χ4v) is 6.52. The quantitative estimate of drug-likeness (QED) is 0.306. The number of anilines is 3. The topological polar surface area (TPSA) is 46.8 Å². The Balaban J connectivity index is 1.50. The van der Waals surface area contributed by atoms with E-state index in [0.29, 0.717) is 5.82 Å². The van der Waals surface area contributed by atoms with Gasteiger partial charge in [-0.25, -0.2) is 9.97 Å². The molecule has 39 heavy (non-hydrogen) atoms. The first-order chi connectivity index (χ1) is 19.4. The predicted octanol–water partition coefficient (Wildman–Crippen LogP) is 5.25. The Hall–Kier alpha value is -5.23. The Morgan fingerprint density at radius 1 is 0.590 bits per heavy atom. The lowest BCUT2D eigenvalue weighted by Crippen LogP contribution is -2.61. The number of fused-ring (bicyclic) bond motifs is 7. The molecule has 4 aromatic carbocycles. The van der Waals surface area contributed by atoms with Crippen LogP contribution < -0.4 is 21.3 Å². The Morgan fingerprint density at radius 2 is 1.33 bits per heavy atom. The van der Waals surface area contributed by atoms with E-state index in [-0.39, 0.29) is 6.71 Å². The fraction of sp³-hybridized carbons (Fsp3) is 0. The molecule has 180 valence electrons. The van der Waals surface area contributed by atoms with Crippen LogP contribution in [0.1, 0.15) is 0 Å². The molecule has 0 N–H and O–H groups in total. The van der Waals surface area contributed by atoms with Gasteiger partial charge in [-0.3, -0.25) is 14.5 Å². The Bertz CT molecular complexity index is 2090. The SMILES string of the molecule is c1ccc(N2c3ccccc3B3c4c2nc(-c2ccccn2)nc4-n2c4ccccc4c4cccc3c42)cc1. The first kappa shape index (κ1) is 20.8. The van der Waals surface area contributed by atoms with Gasteiger partial charge in [0.2, 0.25) is 0 Å². The zero-order chi connectivity index (χ0) is 25.5. The second-order valence-electron chi connectivity index (χ2n) is 10.1. The van der Waals surface area contributed by atoms with E-state index in [9.17, 15) is 0 Å². The van der Waals surface area contributed by atoms with Gasteiger partial charge in [-0.2, -0.15) is 0 Å². The lowest BCUT2D eigenvalue weighted by atomic mass is 9.34. The van der Waals surface area contributed by atoms with E-state index < -0.39 is 0 Å². The third-order valence-corrected chi connectivity index (χ3v) is 8.05. The van der Waals surface area contributed by atoms with E-state index in [1.54, 1.807) is 6.20 Å². The van der Waals surface area contributed by atoms with Gasteiger partial charge in [-0.05, 0) is 47.3 Å². The maximum Gasteiger partial charge on any atom is 0.256 e. The van der Waals surface area contributed by atoms with E-state index in [1.807, 2.05) is 18.2 Å². The highest BCUT2D eigenvalue weighted by atomic mass is 15.2. The number of nitrogens with zero attached hydrogens (tertiary/aromatic N) is 5. The van der Waals surface area contributed by atoms with Gasteiger partial charge in [-0.15, -0.1) is 0 Å². The molecule has 5 heterocycles. The van der Waals surface area contributed by atoms with Crippen molar-refractivity contribution in [3.63, 3.8) is 0 Å². The van der Waals surface area contributed by atoms with Crippen LogP contribution in [0, 0.1) is 0 Å². The summed E-state index contributed by atoms with van der Waals surface area (Å²) in [5.41, 5.74) is 8.99. The molecule has 0 spiro atoms. The number of aromatic nitrogens is 4. The summed E-state index contributed by atoms with van der Waals surface area (Å²) in [5.74, 6) is 2.44. The summed E-state index contributed by atoms with van der Waals surface area (Å²) in [6, 6.07) is 40.4. The monoisotopic (exact) mass is 497 g/mol. The van der Waals surface area contributed by atoms with E-state index in [4.69, 9.17) is 9.97 Å². The molecule has 5 nitrogen and oxygen atoms in total. The number of hydrogen-bond acceptors (Lipinski definition) is 4. The van der Waals surface area contributed by atoms with Crippen LogP contribution in [0.2, 0.25) is 0 Å². The zero-order valence-electron chi connectivity index (χ0n) is 20.9. The van der Waals surface area contributed by atoms with Crippen molar-refractivity contribution in [2.45, 2.75) is 0 Å². The van der Waals surface area contributed by atoms with Crippen molar-refractivity contribution < 1.29 is 0 Å². The average Bonchev–Trinajstić information content (AvgIpc) is 3.35. The molecule has 0 aliphatic carbocycles. The third kappa shape index (κ3) is 2.72. The van der Waals surface area contributed by atoms with Crippen LogP contribution in [-0.4, -0.2) is 26.2 Å². The molecule has 0 atom stereocenters. The molecule has 0 fully saturated rings. The van der Waals surface area contributed by atoms with E-state index in [2.05, 4.69) is 112 Å². The van der Waals surface area contributed by atoms with Crippen LogP contribution in [0.3, 0.4) is 0 Å². The summed E-state index contributed by atoms with van der Waals surface area (Å²) in [6.45, 7) is 0.0180. The van der Waals surface area contributed by atoms with Gasteiger partial charge >= 0.3 is 0 Å². The molecule has 7 aromatic rings. The molecule has 0 radical (unpaired) electrons. The second-order valence-corrected chi connectivity index (χ2v) is 10.1. The molecule has 0 saturated heterocycles. The van der Waals surface area contributed by atoms with E-state index in [0.717, 1.165) is 39.7 Å². The van der Waals surface area contributed by atoms with Crippen molar-refractivity contribution in [2.24, 2.45) is 0 Å². The number of pyridine rings is 1. The van der Waals surface area contributed by atoms with Crippen LogP contribution in [0.15, 0.2) is 121 Å². The highest BCUT2D eigenvalue weighted by Gasteiger charge is 2.43.